The number of carboxylic acid groups (broad SMARTS) is 1. The highest BCUT2D eigenvalue weighted by Gasteiger charge is 2.42. The van der Waals surface area contributed by atoms with Crippen LogP contribution in [0.2, 0.25) is 0 Å². The van der Waals surface area contributed by atoms with Crippen molar-refractivity contribution in [2.75, 3.05) is 36.1 Å². The summed E-state index contributed by atoms with van der Waals surface area (Å²) in [4.78, 5) is 93.5. The summed E-state index contributed by atoms with van der Waals surface area (Å²) in [5.74, 6) is -0.257. The summed E-state index contributed by atoms with van der Waals surface area (Å²) in [6.07, 6.45) is 10.6. The molecule has 90 heavy (non-hydrogen) atoms. The molecule has 2 fully saturated rings. The van der Waals surface area contributed by atoms with E-state index in [4.69, 9.17) is 21.1 Å². The van der Waals surface area contributed by atoms with E-state index in [-0.39, 0.29) is 95.1 Å². The fourth-order valence-electron chi connectivity index (χ4n) is 9.91. The number of unbranched alkanes of at least 4 members (excludes halogenated alkanes) is 1. The normalized spacial score (nSPS) is 15.1. The van der Waals surface area contributed by atoms with E-state index in [0.717, 1.165) is 85.4 Å². The Labute approximate surface area is 530 Å². The van der Waals surface area contributed by atoms with Gasteiger partial charge in [0.15, 0.2) is 29.0 Å². The maximum absolute atomic E-state index is 13.3. The van der Waals surface area contributed by atoms with Crippen molar-refractivity contribution in [2.45, 2.75) is 118 Å². The van der Waals surface area contributed by atoms with Gasteiger partial charge < -0.3 is 51.8 Å². The Morgan fingerprint density at radius 2 is 1.50 bits per heavy atom. The Morgan fingerprint density at radius 3 is 2.17 bits per heavy atom. The first-order valence-corrected chi connectivity index (χ1v) is 34.5. The summed E-state index contributed by atoms with van der Waals surface area (Å²) in [6, 6.07) is 14.9. The predicted octanol–water partition coefficient (Wildman–Crippen LogP) is 7.74. The standard InChI is InChI=1S/C31H25N7O11S2.C27H40N4O4S3.H3N/c32-22-9-7-19-25(20-8-10-23(33)29(51(46,47)48)27(20)49-26(19)28(22)50(43,44)45)21-12-15(4-6-18(21)31(41)42)24(39)2-1-11-35-30(40)16-3-5-17(36-13-16)14-37-38-34;1-2-20-12-11-19(17-29-20)26(34)28-14-5-8-22(33)13-16-38-37-15-6-9-21(32)7-3-4-10-24-25-23(18-36-24)30-27(35)31-25;/h3-10,12-13,32H,1-2,11,14,33H2,(H,35,40)(H,41,42)(H,43,44,45)(H,46,47,48);11-12,17,23-25H,2-10,13-16,18H2,1H3,(H,28,34)(H2,30,31,35);1H3/t;23?,24-,25?;/m.0./s1. The number of thioether (sulfide) groups is 1. The summed E-state index contributed by atoms with van der Waals surface area (Å²) in [5, 5.41) is 32.5. The molecule has 2 saturated heterocycles. The molecule has 1 aliphatic carbocycles. The lowest BCUT2D eigenvalue weighted by Gasteiger charge is -2.22. The van der Waals surface area contributed by atoms with E-state index < -0.39 is 75.6 Å². The van der Waals surface area contributed by atoms with Gasteiger partial charge in [-0.15, -0.1) is 0 Å². The minimum absolute atomic E-state index is 0. The molecule has 480 valence electrons. The molecule has 0 radical (unpaired) electrons. The highest BCUT2D eigenvalue weighted by atomic mass is 33.1. The van der Waals surface area contributed by atoms with Crippen LogP contribution in [0.4, 0.5) is 10.5 Å². The molecule has 4 amide bonds. The number of carbonyl (C=O) groups is 7. The van der Waals surface area contributed by atoms with E-state index in [9.17, 15) is 64.6 Å². The van der Waals surface area contributed by atoms with Crippen LogP contribution in [0.3, 0.4) is 0 Å². The van der Waals surface area contributed by atoms with Crippen molar-refractivity contribution in [3.05, 3.63) is 129 Å². The summed E-state index contributed by atoms with van der Waals surface area (Å²) in [5.41, 5.74) is 13.9. The molecule has 4 aromatic rings. The number of urea groups is 1. The number of benzene rings is 3. The van der Waals surface area contributed by atoms with Gasteiger partial charge in [-0.1, -0.05) is 46.1 Å². The number of carboxylic acids is 1. The molecule has 13 N–H and O–H groups in total. The molecule has 2 unspecified atom stereocenters. The van der Waals surface area contributed by atoms with Crippen LogP contribution in [0.25, 0.3) is 43.9 Å². The zero-order chi connectivity index (χ0) is 64.4. The number of aromatic carboxylic acids is 1. The number of fused-ring (bicyclic) bond motifs is 3. The third-order valence-electron chi connectivity index (χ3n) is 14.4. The minimum atomic E-state index is -5.48. The number of nitrogens with one attached hydrogen (secondary N) is 6. The second kappa shape index (κ2) is 33.2. The van der Waals surface area contributed by atoms with Crippen molar-refractivity contribution in [1.82, 2.24) is 32.4 Å². The number of ketones is 3. The third kappa shape index (κ3) is 19.3. The molecule has 4 aliphatic rings. The fourth-order valence-corrected chi connectivity index (χ4v) is 15.0. The van der Waals surface area contributed by atoms with Crippen molar-refractivity contribution in [3.8, 4) is 22.5 Å². The topological polar surface area (TPSA) is 478 Å². The number of aromatic nitrogens is 2. The number of H-pyrrole nitrogens is 1. The van der Waals surface area contributed by atoms with Gasteiger partial charge in [0, 0.05) is 113 Å². The van der Waals surface area contributed by atoms with E-state index in [2.05, 4.69) is 41.3 Å². The van der Waals surface area contributed by atoms with Gasteiger partial charge in [-0.05, 0) is 104 Å². The van der Waals surface area contributed by atoms with Crippen LogP contribution in [0.15, 0.2) is 98.4 Å². The van der Waals surface area contributed by atoms with Crippen molar-refractivity contribution >= 4 is 111 Å². The van der Waals surface area contributed by atoms with Gasteiger partial charge in [-0.2, -0.15) is 11.8 Å². The quantitative estimate of drug-likeness (QED) is 0.00197. The van der Waals surface area contributed by atoms with E-state index >= 15 is 0 Å². The third-order valence-corrected chi connectivity index (χ3v) is 20.2. The second-order valence-corrected chi connectivity index (χ2v) is 27.2. The van der Waals surface area contributed by atoms with Crippen LogP contribution < -0.4 is 43.5 Å². The number of carbonyl (C=O) groups excluding carboxylic acids is 6. The number of aromatic amines is 1. The highest BCUT2D eigenvalue weighted by Crippen LogP contribution is 2.46. The highest BCUT2D eigenvalue weighted by molar-refractivity contribution is 8.76. The van der Waals surface area contributed by atoms with Crippen LogP contribution >= 0.6 is 33.3 Å². The Bertz CT molecular complexity index is 3940. The van der Waals surface area contributed by atoms with Crippen LogP contribution in [0.5, 0.6) is 0 Å². The van der Waals surface area contributed by atoms with Crippen LogP contribution in [0, 0.1) is 5.41 Å². The molecule has 0 bridgehead atoms. The largest absolute Gasteiger partial charge is 0.744 e. The van der Waals surface area contributed by atoms with Gasteiger partial charge in [0.1, 0.15) is 53.7 Å². The van der Waals surface area contributed by atoms with Crippen molar-refractivity contribution < 1.29 is 74.0 Å². The zero-order valence-electron chi connectivity index (χ0n) is 49.0. The summed E-state index contributed by atoms with van der Waals surface area (Å²) in [6.45, 7) is 2.63. The lowest BCUT2D eigenvalue weighted by atomic mass is 9.88. The molecule has 3 aliphatic heterocycles. The number of nitrogen functional groups attached to an aromatic ring is 1. The van der Waals surface area contributed by atoms with Crippen LogP contribution in [-0.2, 0) is 42.8 Å². The van der Waals surface area contributed by atoms with Crippen molar-refractivity contribution in [3.63, 3.8) is 0 Å². The number of Topliss-reactive ketones (excluding diaryl/α,β-unsaturated/α-hetero) is 3. The Balaban J connectivity index is 0.000000296. The lowest BCUT2D eigenvalue weighted by Crippen LogP contribution is -2.36. The predicted molar refractivity (Wildman–Crippen MR) is 337 cm³/mol. The molecule has 0 saturated carbocycles. The minimum Gasteiger partial charge on any atom is -0.744 e. The lowest BCUT2D eigenvalue weighted by molar-refractivity contribution is -0.390. The first-order valence-electron chi connectivity index (χ1n) is 28.2. The number of pyridine rings is 2. The number of rotatable bonds is 31. The molecular weight excluding hydrogens is 1270 g/mol. The first-order chi connectivity index (χ1) is 42.5. The number of amides is 4. The zero-order valence-corrected chi connectivity index (χ0v) is 53.1. The number of hydrogen-bond donors (Lipinski definition) is 8. The summed E-state index contributed by atoms with van der Waals surface area (Å²) in [7, 11) is -7.50. The molecular formula is C58H68N12O15S5. The Morgan fingerprint density at radius 1 is 0.833 bits per heavy atom. The summed E-state index contributed by atoms with van der Waals surface area (Å²) >= 11 is 1.92. The molecule has 32 heteroatoms. The number of hydrogen-bond acceptors (Lipinski definition) is 21. The van der Waals surface area contributed by atoms with Crippen LogP contribution in [0.1, 0.15) is 130 Å². The maximum Gasteiger partial charge on any atom is 0.336 e. The molecule has 0 spiro atoms. The van der Waals surface area contributed by atoms with Crippen molar-refractivity contribution in [2.24, 2.45) is 5.11 Å². The Kier molecular flexibility index (Phi) is 26.3. The number of quaternary nitrogens is 1. The van der Waals surface area contributed by atoms with Gasteiger partial charge in [0.2, 0.25) is 0 Å². The van der Waals surface area contributed by atoms with Crippen LogP contribution in [-0.4, -0.2) is 125 Å². The molecule has 8 rings (SSSR count). The van der Waals surface area contributed by atoms with E-state index in [0.29, 0.717) is 60.9 Å². The Hall–Kier alpha value is -7.94. The van der Waals surface area contributed by atoms with E-state index in [1.807, 2.05) is 24.8 Å². The number of nitrogens with two attached hydrogens (primary N) is 1. The van der Waals surface area contributed by atoms with Gasteiger partial charge in [-0.25, -0.2) is 31.4 Å². The average Bonchev–Trinajstić information content (AvgIpc) is 0.941. The monoisotopic (exact) mass is 1330 g/mol. The molecule has 3 atom stereocenters. The van der Waals surface area contributed by atoms with E-state index in [1.54, 1.807) is 39.9 Å². The molecule has 5 heterocycles. The number of aryl methyl sites for hydroxylation is 1. The molecule has 2 aromatic carbocycles. The maximum atomic E-state index is 13.3. The SMILES string of the molecule is CCc1ccc(C(=O)NCCCC(=O)CCSSCCCC(=O)CCCC[C@@H]2SCC3NC(=O)NC32)cn1.[N-]=[N+]=NCc1ccc(C(=O)NCCCC(=O)c2ccc(C(=O)O)c(-c3c4ccc(=N)c(S(=O)(=O)[O-])c-4oc4c(S(=O)(=O)[O-])c(N)ccc34)c2)c[nH+]1.[NH4+]. The van der Waals surface area contributed by atoms with Gasteiger partial charge in [0.05, 0.1) is 34.3 Å². The number of azide groups is 1. The molecule has 2 aromatic heterocycles. The fraction of sp³-hybridized carbons (Fsp3) is 0.379. The van der Waals surface area contributed by atoms with E-state index in [1.165, 1.54) is 24.4 Å². The van der Waals surface area contributed by atoms with Crippen molar-refractivity contribution in [1.29, 1.82) is 5.41 Å². The summed E-state index contributed by atoms with van der Waals surface area (Å²) < 4.78 is 79.4. The smallest absolute Gasteiger partial charge is 0.336 e. The van der Waals surface area contributed by atoms with Gasteiger partial charge >= 0.3 is 12.0 Å². The number of nitrogens with zero attached hydrogens (tertiary/aromatic N) is 4. The van der Waals surface area contributed by atoms with Gasteiger partial charge in [0.25, 0.3) is 11.8 Å². The first kappa shape index (κ1) is 71.1. The second-order valence-electron chi connectivity index (χ2n) is 20.6. The number of anilines is 1. The van der Waals surface area contributed by atoms with Gasteiger partial charge in [-0.3, -0.25) is 34.4 Å². The molecule has 27 nitrogen and oxygen atoms in total. The average molecular weight is 1330 g/mol.